The van der Waals surface area contributed by atoms with E-state index in [1.54, 1.807) is 49.4 Å². The number of aromatic hydroxyl groups is 1. The maximum Gasteiger partial charge on any atom is 0.340 e. The molecule has 7 nitrogen and oxygen atoms in total. The monoisotopic (exact) mass is 409 g/mol. The molecule has 1 heterocycles. The third-order valence-corrected chi connectivity index (χ3v) is 4.75. The summed E-state index contributed by atoms with van der Waals surface area (Å²) in [4.78, 5) is 27.2. The van der Waals surface area contributed by atoms with Gasteiger partial charge in [-0.3, -0.25) is 9.69 Å². The standard InChI is InChI=1S/C23H23NO6/c1-5-30-17-11-9-16(10-12-17)24-14(2)20(23(27)29-4)18(22(24)26)13-15-7-6-8-19(28-3)21(15)25/h6-13,25H,5H2,1-4H3/b18-13-. The van der Waals surface area contributed by atoms with Crippen molar-refractivity contribution < 1.29 is 28.9 Å². The SMILES string of the molecule is CCOc1ccc(N2C(=O)/C(=C\c3cccc(OC)c3O)C(C(=O)OC)=C2C)cc1. The molecular formula is C23H23NO6. The maximum atomic E-state index is 13.3. The van der Waals surface area contributed by atoms with E-state index in [0.29, 0.717) is 29.3 Å². The number of hydrogen-bond acceptors (Lipinski definition) is 6. The Balaban J connectivity index is 2.10. The number of allylic oxidation sites excluding steroid dienone is 1. The lowest BCUT2D eigenvalue weighted by Crippen LogP contribution is -2.24. The number of hydrogen-bond donors (Lipinski definition) is 1. The third kappa shape index (κ3) is 3.74. The molecule has 0 radical (unpaired) electrons. The molecule has 0 unspecified atom stereocenters. The summed E-state index contributed by atoms with van der Waals surface area (Å²) in [5.41, 5.74) is 1.63. The van der Waals surface area contributed by atoms with Gasteiger partial charge in [0.2, 0.25) is 0 Å². The van der Waals surface area contributed by atoms with E-state index in [0.717, 1.165) is 0 Å². The van der Waals surface area contributed by atoms with Crippen LogP contribution >= 0.6 is 0 Å². The van der Waals surface area contributed by atoms with E-state index in [-0.39, 0.29) is 22.6 Å². The number of methoxy groups -OCH3 is 2. The summed E-state index contributed by atoms with van der Waals surface area (Å²) < 4.78 is 15.5. The highest BCUT2D eigenvalue weighted by Crippen LogP contribution is 2.38. The lowest BCUT2D eigenvalue weighted by molar-refractivity contribution is -0.136. The van der Waals surface area contributed by atoms with Crippen LogP contribution in [0.5, 0.6) is 17.2 Å². The number of phenols is 1. The Morgan fingerprint density at radius 3 is 2.43 bits per heavy atom. The molecule has 2 aromatic rings. The summed E-state index contributed by atoms with van der Waals surface area (Å²) in [6, 6.07) is 11.9. The molecule has 0 spiro atoms. The molecule has 1 amide bonds. The highest BCUT2D eigenvalue weighted by atomic mass is 16.5. The molecule has 1 aliphatic rings. The Hall–Kier alpha value is -3.74. The molecule has 0 saturated heterocycles. The predicted octanol–water partition coefficient (Wildman–Crippen LogP) is 3.68. The minimum Gasteiger partial charge on any atom is -0.504 e. The number of rotatable bonds is 6. The van der Waals surface area contributed by atoms with Crippen LogP contribution in [-0.4, -0.2) is 37.8 Å². The number of ether oxygens (including phenoxy) is 3. The lowest BCUT2D eigenvalue weighted by atomic mass is 10.0. The molecular weight excluding hydrogens is 386 g/mol. The number of phenolic OH excluding ortho intramolecular Hbond substituents is 1. The first-order valence-corrected chi connectivity index (χ1v) is 9.37. The van der Waals surface area contributed by atoms with Crippen molar-refractivity contribution in [3.05, 3.63) is 64.9 Å². The zero-order valence-electron chi connectivity index (χ0n) is 17.3. The molecule has 2 aromatic carbocycles. The molecule has 0 saturated carbocycles. The molecule has 156 valence electrons. The van der Waals surface area contributed by atoms with Crippen LogP contribution in [0.25, 0.3) is 6.08 Å². The van der Waals surface area contributed by atoms with Gasteiger partial charge in [0.15, 0.2) is 11.5 Å². The Labute approximate surface area is 174 Å². The molecule has 3 rings (SSSR count). The van der Waals surface area contributed by atoms with Gasteiger partial charge >= 0.3 is 5.97 Å². The van der Waals surface area contributed by atoms with Crippen molar-refractivity contribution in [1.29, 1.82) is 0 Å². The summed E-state index contributed by atoms with van der Waals surface area (Å²) >= 11 is 0. The van der Waals surface area contributed by atoms with Crippen LogP contribution in [0.2, 0.25) is 0 Å². The van der Waals surface area contributed by atoms with Crippen molar-refractivity contribution in [1.82, 2.24) is 0 Å². The zero-order valence-corrected chi connectivity index (χ0v) is 17.3. The van der Waals surface area contributed by atoms with Crippen LogP contribution in [0.4, 0.5) is 5.69 Å². The van der Waals surface area contributed by atoms with Crippen LogP contribution in [0.15, 0.2) is 59.3 Å². The third-order valence-electron chi connectivity index (χ3n) is 4.75. The molecule has 7 heteroatoms. The second kappa shape index (κ2) is 8.73. The van der Waals surface area contributed by atoms with Gasteiger partial charge in [0, 0.05) is 16.9 Å². The fourth-order valence-corrected chi connectivity index (χ4v) is 3.33. The van der Waals surface area contributed by atoms with Crippen molar-refractivity contribution >= 4 is 23.6 Å². The molecule has 0 bridgehead atoms. The fraction of sp³-hybridized carbons (Fsp3) is 0.217. The topological polar surface area (TPSA) is 85.3 Å². The Kier molecular flexibility index (Phi) is 6.11. The van der Waals surface area contributed by atoms with Gasteiger partial charge in [0.05, 0.1) is 32.0 Å². The zero-order chi connectivity index (χ0) is 21.8. The second-order valence-electron chi connectivity index (χ2n) is 6.48. The van der Waals surface area contributed by atoms with E-state index < -0.39 is 11.9 Å². The van der Waals surface area contributed by atoms with Crippen LogP contribution < -0.4 is 14.4 Å². The number of anilines is 1. The molecule has 1 aliphatic heterocycles. The minimum atomic E-state index is -0.636. The molecule has 1 N–H and O–H groups in total. The second-order valence-corrected chi connectivity index (χ2v) is 6.48. The van der Waals surface area contributed by atoms with Crippen LogP contribution in [0, 0.1) is 0 Å². The summed E-state index contributed by atoms with van der Waals surface area (Å²) in [5.74, 6) is -0.220. The van der Waals surface area contributed by atoms with E-state index in [2.05, 4.69) is 0 Å². The van der Waals surface area contributed by atoms with Crippen LogP contribution in [-0.2, 0) is 14.3 Å². The molecule has 0 atom stereocenters. The number of nitrogens with zero attached hydrogens (tertiary/aromatic N) is 1. The van der Waals surface area contributed by atoms with E-state index >= 15 is 0 Å². The summed E-state index contributed by atoms with van der Waals surface area (Å²) in [6.45, 7) is 4.09. The molecule has 0 aromatic heterocycles. The number of esters is 1. The average molecular weight is 409 g/mol. The normalized spacial score (nSPS) is 15.0. The van der Waals surface area contributed by atoms with E-state index in [1.807, 2.05) is 6.92 Å². The van der Waals surface area contributed by atoms with Gasteiger partial charge in [0.1, 0.15) is 5.75 Å². The molecule has 30 heavy (non-hydrogen) atoms. The highest BCUT2D eigenvalue weighted by molar-refractivity contribution is 6.24. The minimum absolute atomic E-state index is 0.122. The molecule has 0 aliphatic carbocycles. The summed E-state index contributed by atoms with van der Waals surface area (Å²) in [7, 11) is 2.69. The first-order valence-electron chi connectivity index (χ1n) is 9.37. The first kappa shape index (κ1) is 21.0. The number of amides is 1. The largest absolute Gasteiger partial charge is 0.504 e. The van der Waals surface area contributed by atoms with Gasteiger partial charge in [-0.25, -0.2) is 4.79 Å². The number of carbonyl (C=O) groups is 2. The fourth-order valence-electron chi connectivity index (χ4n) is 3.33. The summed E-state index contributed by atoms with van der Waals surface area (Å²) in [6.07, 6.45) is 1.46. The Bertz CT molecular complexity index is 1040. The van der Waals surface area contributed by atoms with E-state index in [1.165, 1.54) is 25.2 Å². The van der Waals surface area contributed by atoms with Gasteiger partial charge in [-0.15, -0.1) is 0 Å². The van der Waals surface area contributed by atoms with Crippen molar-refractivity contribution in [2.75, 3.05) is 25.7 Å². The Morgan fingerprint density at radius 2 is 1.83 bits per heavy atom. The van der Waals surface area contributed by atoms with E-state index in [9.17, 15) is 14.7 Å². The van der Waals surface area contributed by atoms with Crippen molar-refractivity contribution in [3.63, 3.8) is 0 Å². The smallest absolute Gasteiger partial charge is 0.340 e. The number of carbonyl (C=O) groups excluding carboxylic acids is 2. The van der Waals surface area contributed by atoms with Gasteiger partial charge in [-0.05, 0) is 50.3 Å². The Morgan fingerprint density at radius 1 is 1.13 bits per heavy atom. The van der Waals surface area contributed by atoms with Crippen molar-refractivity contribution in [2.24, 2.45) is 0 Å². The lowest BCUT2D eigenvalue weighted by Gasteiger charge is -2.18. The van der Waals surface area contributed by atoms with Crippen molar-refractivity contribution in [3.8, 4) is 17.2 Å². The van der Waals surface area contributed by atoms with Gasteiger partial charge < -0.3 is 19.3 Å². The maximum absolute atomic E-state index is 13.3. The predicted molar refractivity (Wildman–Crippen MR) is 112 cm³/mol. The number of benzene rings is 2. The van der Waals surface area contributed by atoms with Crippen LogP contribution in [0.1, 0.15) is 19.4 Å². The van der Waals surface area contributed by atoms with Crippen molar-refractivity contribution in [2.45, 2.75) is 13.8 Å². The average Bonchev–Trinajstić information content (AvgIpc) is 2.99. The first-order chi connectivity index (χ1) is 14.4. The summed E-state index contributed by atoms with van der Waals surface area (Å²) in [5, 5.41) is 10.4. The van der Waals surface area contributed by atoms with Gasteiger partial charge in [-0.2, -0.15) is 0 Å². The molecule has 0 fully saturated rings. The van der Waals surface area contributed by atoms with Gasteiger partial charge in [0.25, 0.3) is 5.91 Å². The van der Waals surface area contributed by atoms with E-state index in [4.69, 9.17) is 14.2 Å². The van der Waals surface area contributed by atoms with Crippen LogP contribution in [0.3, 0.4) is 0 Å². The number of para-hydroxylation sites is 1. The van der Waals surface area contributed by atoms with Gasteiger partial charge in [-0.1, -0.05) is 12.1 Å². The highest BCUT2D eigenvalue weighted by Gasteiger charge is 2.38. The quantitative estimate of drug-likeness (QED) is 0.579.